The van der Waals surface area contributed by atoms with E-state index in [-0.39, 0.29) is 5.69 Å². The van der Waals surface area contributed by atoms with Gasteiger partial charge in [0.15, 0.2) is 11.4 Å². The van der Waals surface area contributed by atoms with Crippen LogP contribution in [0.3, 0.4) is 0 Å². The Kier molecular flexibility index (Phi) is 4.97. The Balaban J connectivity index is 1.40. The Hall–Kier alpha value is -3.91. The van der Waals surface area contributed by atoms with Gasteiger partial charge in [-0.15, -0.1) is 0 Å². The van der Waals surface area contributed by atoms with Gasteiger partial charge in [0.05, 0.1) is 30.3 Å². The smallest absolute Gasteiger partial charge is 0.277 e. The monoisotopic (exact) mass is 433 g/mol. The highest BCUT2D eigenvalue weighted by molar-refractivity contribution is 6.31. The van der Waals surface area contributed by atoms with E-state index in [1.165, 1.54) is 25.0 Å². The number of amides is 1. The van der Waals surface area contributed by atoms with Crippen molar-refractivity contribution < 1.29 is 13.9 Å². The molecule has 31 heavy (non-hydrogen) atoms. The molecular weight excluding hydrogens is 418 g/mol. The highest BCUT2D eigenvalue weighted by Crippen LogP contribution is 2.40. The number of halogens is 1. The highest BCUT2D eigenvalue weighted by atomic mass is 35.5. The van der Waals surface area contributed by atoms with Crippen molar-refractivity contribution in [3.05, 3.63) is 89.6 Å². The minimum absolute atomic E-state index is 0.164. The molecule has 5 rings (SSSR count). The maximum absolute atomic E-state index is 12.4. The van der Waals surface area contributed by atoms with Gasteiger partial charge >= 0.3 is 0 Å². The number of benzene rings is 2. The lowest BCUT2D eigenvalue weighted by Crippen LogP contribution is -2.22. The van der Waals surface area contributed by atoms with E-state index in [1.807, 2.05) is 41.3 Å². The van der Waals surface area contributed by atoms with Crippen LogP contribution < -0.4 is 15.0 Å². The fraction of sp³-hybridized carbons (Fsp3) is 0.0909. The summed E-state index contributed by atoms with van der Waals surface area (Å²) in [7, 11) is 0. The lowest BCUT2D eigenvalue weighted by Gasteiger charge is -2.22. The molecule has 0 aliphatic carbocycles. The molecule has 1 amide bonds. The van der Waals surface area contributed by atoms with Crippen LogP contribution in [0.25, 0.3) is 0 Å². The largest absolute Gasteiger partial charge is 0.455 e. The van der Waals surface area contributed by atoms with E-state index in [0.717, 1.165) is 17.0 Å². The second-order valence-electron chi connectivity index (χ2n) is 6.89. The number of oxazole rings is 1. The average molecular weight is 434 g/mol. The number of aromatic nitrogens is 3. The van der Waals surface area contributed by atoms with Gasteiger partial charge in [0.25, 0.3) is 5.91 Å². The van der Waals surface area contributed by atoms with Crippen molar-refractivity contribution in [2.24, 2.45) is 0 Å². The van der Waals surface area contributed by atoms with Gasteiger partial charge in [-0.1, -0.05) is 29.8 Å². The summed E-state index contributed by atoms with van der Waals surface area (Å²) in [6.07, 6.45) is 5.72. The first kappa shape index (κ1) is 19.1. The van der Waals surface area contributed by atoms with Crippen LogP contribution in [0.15, 0.2) is 71.9 Å². The molecule has 0 saturated carbocycles. The minimum Gasteiger partial charge on any atom is -0.455 e. The van der Waals surface area contributed by atoms with Crippen molar-refractivity contribution in [3.63, 3.8) is 0 Å². The zero-order valence-electron chi connectivity index (χ0n) is 16.2. The molecule has 1 N–H and O–H groups in total. The molecule has 9 heteroatoms. The maximum Gasteiger partial charge on any atom is 0.277 e. The fourth-order valence-electron chi connectivity index (χ4n) is 3.32. The molecule has 8 nitrogen and oxygen atoms in total. The molecule has 154 valence electrons. The van der Waals surface area contributed by atoms with Crippen molar-refractivity contribution in [3.8, 4) is 11.5 Å². The van der Waals surface area contributed by atoms with E-state index in [1.54, 1.807) is 6.07 Å². The normalized spacial score (nSPS) is 12.4. The van der Waals surface area contributed by atoms with E-state index in [9.17, 15) is 4.79 Å². The van der Waals surface area contributed by atoms with Crippen LogP contribution >= 0.6 is 11.6 Å². The molecule has 0 atom stereocenters. The lowest BCUT2D eigenvalue weighted by molar-refractivity contribution is 0.102. The van der Waals surface area contributed by atoms with Crippen LogP contribution in [0.4, 0.5) is 11.4 Å². The van der Waals surface area contributed by atoms with Crippen LogP contribution in [-0.4, -0.2) is 20.9 Å². The molecule has 2 aromatic carbocycles. The van der Waals surface area contributed by atoms with E-state index in [0.29, 0.717) is 35.4 Å². The van der Waals surface area contributed by atoms with Crippen LogP contribution in [-0.2, 0) is 13.1 Å². The number of hydrogen-bond donors (Lipinski definition) is 1. The zero-order valence-corrected chi connectivity index (χ0v) is 16.9. The number of para-hydroxylation sites is 1. The summed E-state index contributed by atoms with van der Waals surface area (Å²) in [5, 5.41) is 3.28. The quantitative estimate of drug-likeness (QED) is 0.499. The van der Waals surface area contributed by atoms with Gasteiger partial charge in [0.2, 0.25) is 5.89 Å². The van der Waals surface area contributed by atoms with Gasteiger partial charge in [-0.2, -0.15) is 0 Å². The molecule has 0 saturated heterocycles. The number of carbonyl (C=O) groups excluding carboxylic acids is 1. The predicted octanol–water partition coefficient (Wildman–Crippen LogP) is 4.68. The number of nitrogens with zero attached hydrogens (tertiary/aromatic N) is 4. The second kappa shape index (κ2) is 8.08. The van der Waals surface area contributed by atoms with Crippen molar-refractivity contribution in [1.82, 2.24) is 15.0 Å². The summed E-state index contributed by atoms with van der Waals surface area (Å²) in [5.74, 6) is 1.45. The van der Waals surface area contributed by atoms with Crippen molar-refractivity contribution >= 4 is 28.9 Å². The second-order valence-corrected chi connectivity index (χ2v) is 7.32. The number of ether oxygens (including phenoxy) is 1. The number of anilines is 2. The Bertz CT molecular complexity index is 1240. The third kappa shape index (κ3) is 4.06. The van der Waals surface area contributed by atoms with E-state index in [4.69, 9.17) is 20.8 Å². The number of hydrogen-bond acceptors (Lipinski definition) is 7. The SMILES string of the molecule is O=C(Nc1cncnc1)c1coc(CN2Cc3ccccc3Oc3ccc(Cl)cc32)n1. The van der Waals surface area contributed by atoms with Gasteiger partial charge in [0, 0.05) is 17.1 Å². The maximum atomic E-state index is 12.4. The standard InChI is InChI=1S/C22H16ClN5O3/c23-15-5-6-20-18(7-15)28(10-14-3-1-2-4-19(14)31-20)11-21-27-17(12-30-21)22(29)26-16-8-24-13-25-9-16/h1-9,12-13H,10-11H2,(H,26,29). The summed E-state index contributed by atoms with van der Waals surface area (Å²) in [6.45, 7) is 0.890. The van der Waals surface area contributed by atoms with Crippen LogP contribution in [0.5, 0.6) is 11.5 Å². The molecule has 2 aromatic heterocycles. The van der Waals surface area contributed by atoms with Crippen molar-refractivity contribution in [2.75, 3.05) is 10.2 Å². The van der Waals surface area contributed by atoms with Gasteiger partial charge in [0.1, 0.15) is 18.3 Å². The number of nitrogens with one attached hydrogen (secondary N) is 1. The number of fused-ring (bicyclic) bond motifs is 2. The first-order valence-corrected chi connectivity index (χ1v) is 9.84. The molecule has 0 radical (unpaired) electrons. The van der Waals surface area contributed by atoms with Crippen LogP contribution in [0.2, 0.25) is 5.02 Å². The molecule has 0 bridgehead atoms. The topological polar surface area (TPSA) is 93.4 Å². The molecule has 1 aliphatic heterocycles. The summed E-state index contributed by atoms with van der Waals surface area (Å²) in [4.78, 5) is 26.6. The Morgan fingerprint density at radius 2 is 1.97 bits per heavy atom. The molecule has 0 unspecified atom stereocenters. The predicted molar refractivity (Wildman–Crippen MR) is 114 cm³/mol. The molecule has 0 spiro atoms. The third-order valence-corrected chi connectivity index (χ3v) is 4.98. The molecular formula is C22H16ClN5O3. The van der Waals surface area contributed by atoms with E-state index in [2.05, 4.69) is 20.3 Å². The molecule has 4 aromatic rings. The average Bonchev–Trinajstić information content (AvgIpc) is 3.19. The summed E-state index contributed by atoms with van der Waals surface area (Å²) in [6, 6.07) is 13.3. The Labute approximate surface area is 182 Å². The van der Waals surface area contributed by atoms with Gasteiger partial charge in [-0.3, -0.25) is 4.79 Å². The summed E-state index contributed by atoms with van der Waals surface area (Å²) < 4.78 is 11.7. The van der Waals surface area contributed by atoms with Crippen LogP contribution in [0.1, 0.15) is 21.9 Å². The molecule has 1 aliphatic rings. The zero-order chi connectivity index (χ0) is 21.2. The lowest BCUT2D eigenvalue weighted by atomic mass is 10.2. The van der Waals surface area contributed by atoms with Crippen LogP contribution in [0, 0.1) is 0 Å². The minimum atomic E-state index is -0.405. The third-order valence-electron chi connectivity index (χ3n) is 4.74. The van der Waals surface area contributed by atoms with Crippen molar-refractivity contribution in [2.45, 2.75) is 13.1 Å². The van der Waals surface area contributed by atoms with E-state index < -0.39 is 5.91 Å². The molecule has 3 heterocycles. The fourth-order valence-corrected chi connectivity index (χ4v) is 3.48. The highest BCUT2D eigenvalue weighted by Gasteiger charge is 2.23. The Morgan fingerprint density at radius 3 is 2.84 bits per heavy atom. The first-order valence-electron chi connectivity index (χ1n) is 9.47. The first-order chi connectivity index (χ1) is 15.2. The summed E-state index contributed by atoms with van der Waals surface area (Å²) in [5.41, 5.74) is 2.47. The number of carbonyl (C=O) groups is 1. The summed E-state index contributed by atoms with van der Waals surface area (Å²) >= 11 is 6.25. The van der Waals surface area contributed by atoms with E-state index >= 15 is 0 Å². The van der Waals surface area contributed by atoms with Gasteiger partial charge in [-0.25, -0.2) is 15.0 Å². The van der Waals surface area contributed by atoms with Gasteiger partial charge < -0.3 is 19.4 Å². The van der Waals surface area contributed by atoms with Gasteiger partial charge in [-0.05, 0) is 24.3 Å². The van der Waals surface area contributed by atoms with Crippen molar-refractivity contribution in [1.29, 1.82) is 0 Å². The Morgan fingerprint density at radius 1 is 1.13 bits per heavy atom. The molecule has 0 fully saturated rings. The number of rotatable bonds is 4.